The van der Waals surface area contributed by atoms with E-state index in [9.17, 15) is 5.11 Å². The van der Waals surface area contributed by atoms with Crippen molar-refractivity contribution in [1.82, 2.24) is 9.88 Å². The molecule has 0 saturated carbocycles. The first-order chi connectivity index (χ1) is 7.66. The summed E-state index contributed by atoms with van der Waals surface area (Å²) in [4.78, 5) is 6.75. The number of aromatic nitrogens is 1. The molecule has 1 aliphatic heterocycles. The van der Waals surface area contributed by atoms with Crippen molar-refractivity contribution in [3.63, 3.8) is 0 Å². The number of likely N-dealkylation sites (tertiary alicyclic amines) is 1. The van der Waals surface area contributed by atoms with Gasteiger partial charge in [-0.3, -0.25) is 9.88 Å². The molecule has 0 spiro atoms. The number of hydrogen-bond acceptors (Lipinski definition) is 3. The van der Waals surface area contributed by atoms with Crippen molar-refractivity contribution >= 4 is 0 Å². The number of pyridine rings is 1. The maximum Gasteiger partial charge on any atom is 0.0564 e. The highest BCUT2D eigenvalue weighted by molar-refractivity contribution is 5.16. The van der Waals surface area contributed by atoms with E-state index in [0.717, 1.165) is 31.6 Å². The van der Waals surface area contributed by atoms with Gasteiger partial charge in [0.25, 0.3) is 0 Å². The molecular formula is C13H20N2O. The number of hydrogen-bond donors (Lipinski definition) is 1. The van der Waals surface area contributed by atoms with Crippen LogP contribution < -0.4 is 0 Å². The molecule has 1 N–H and O–H groups in total. The Morgan fingerprint density at radius 2 is 2.06 bits per heavy atom. The minimum Gasteiger partial charge on any atom is -0.393 e. The van der Waals surface area contributed by atoms with Crippen LogP contribution in [0, 0.1) is 6.92 Å². The monoisotopic (exact) mass is 220 g/mol. The molecule has 3 nitrogen and oxygen atoms in total. The van der Waals surface area contributed by atoms with Gasteiger partial charge in [0, 0.05) is 31.0 Å². The Kier molecular flexibility index (Phi) is 3.56. The van der Waals surface area contributed by atoms with Crippen LogP contribution in [0.25, 0.3) is 0 Å². The highest BCUT2D eigenvalue weighted by Crippen LogP contribution is 2.23. The number of aliphatic hydroxyl groups excluding tert-OH is 1. The minimum atomic E-state index is -0.0976. The van der Waals surface area contributed by atoms with Crippen LogP contribution in [-0.2, 0) is 0 Å². The lowest BCUT2D eigenvalue weighted by molar-refractivity contribution is 0.0644. The second-order valence-corrected chi connectivity index (χ2v) is 4.68. The van der Waals surface area contributed by atoms with Gasteiger partial charge in [0.15, 0.2) is 0 Å². The fourth-order valence-electron chi connectivity index (χ4n) is 2.21. The zero-order valence-electron chi connectivity index (χ0n) is 10.1. The molecular weight excluding hydrogens is 200 g/mol. The average Bonchev–Trinajstić information content (AvgIpc) is 2.30. The van der Waals surface area contributed by atoms with Crippen LogP contribution in [0.5, 0.6) is 0 Å². The number of aliphatic hydroxyl groups is 1. The van der Waals surface area contributed by atoms with Gasteiger partial charge < -0.3 is 5.11 Å². The predicted molar refractivity (Wildman–Crippen MR) is 64.2 cm³/mol. The Labute approximate surface area is 97.1 Å². The standard InChI is InChI=1S/C13H20N2O/c1-10-3-4-12(9-14-10)11(2)15-7-5-13(16)6-8-15/h3-4,9,11,13,16H,5-8H2,1-2H3/t11-/m1/s1. The molecule has 1 fully saturated rings. The van der Waals surface area contributed by atoms with E-state index < -0.39 is 0 Å². The van der Waals surface area contributed by atoms with Crippen molar-refractivity contribution in [3.05, 3.63) is 29.6 Å². The highest BCUT2D eigenvalue weighted by Gasteiger charge is 2.22. The van der Waals surface area contributed by atoms with E-state index in [1.807, 2.05) is 13.1 Å². The molecule has 88 valence electrons. The molecule has 2 rings (SSSR count). The molecule has 1 aromatic heterocycles. The summed E-state index contributed by atoms with van der Waals surface area (Å²) in [6, 6.07) is 4.61. The maximum absolute atomic E-state index is 9.48. The van der Waals surface area contributed by atoms with Crippen LogP contribution in [0.4, 0.5) is 0 Å². The van der Waals surface area contributed by atoms with Gasteiger partial charge in [-0.25, -0.2) is 0 Å². The molecule has 0 amide bonds. The van der Waals surface area contributed by atoms with E-state index in [4.69, 9.17) is 0 Å². The minimum absolute atomic E-state index is 0.0976. The zero-order valence-corrected chi connectivity index (χ0v) is 10.1. The third-order valence-electron chi connectivity index (χ3n) is 3.46. The first-order valence-corrected chi connectivity index (χ1v) is 6.01. The van der Waals surface area contributed by atoms with Crippen LogP contribution in [0.2, 0.25) is 0 Å². The van der Waals surface area contributed by atoms with Crippen LogP contribution in [0.1, 0.15) is 37.1 Å². The van der Waals surface area contributed by atoms with Gasteiger partial charge in [-0.2, -0.15) is 0 Å². The van der Waals surface area contributed by atoms with Gasteiger partial charge in [-0.05, 0) is 38.3 Å². The molecule has 2 heterocycles. The van der Waals surface area contributed by atoms with Crippen molar-refractivity contribution in [2.45, 2.75) is 38.8 Å². The molecule has 1 atom stereocenters. The van der Waals surface area contributed by atoms with Crippen LogP contribution in [0.3, 0.4) is 0 Å². The molecule has 0 unspecified atom stereocenters. The van der Waals surface area contributed by atoms with Gasteiger partial charge in [0.2, 0.25) is 0 Å². The number of nitrogens with zero attached hydrogens (tertiary/aromatic N) is 2. The van der Waals surface area contributed by atoms with E-state index >= 15 is 0 Å². The summed E-state index contributed by atoms with van der Waals surface area (Å²) in [7, 11) is 0. The van der Waals surface area contributed by atoms with E-state index in [0.29, 0.717) is 6.04 Å². The summed E-state index contributed by atoms with van der Waals surface area (Å²) in [5.74, 6) is 0. The summed E-state index contributed by atoms with van der Waals surface area (Å²) in [6.07, 6.45) is 3.65. The molecule has 3 heteroatoms. The van der Waals surface area contributed by atoms with Crippen molar-refractivity contribution in [2.75, 3.05) is 13.1 Å². The zero-order chi connectivity index (χ0) is 11.5. The Hall–Kier alpha value is -0.930. The molecule has 16 heavy (non-hydrogen) atoms. The summed E-state index contributed by atoms with van der Waals surface area (Å²) in [5, 5.41) is 9.48. The lowest BCUT2D eigenvalue weighted by Crippen LogP contribution is -2.37. The van der Waals surface area contributed by atoms with E-state index in [1.165, 1.54) is 5.56 Å². The summed E-state index contributed by atoms with van der Waals surface area (Å²) in [5.41, 5.74) is 2.33. The first kappa shape index (κ1) is 11.6. The molecule has 1 aliphatic rings. The largest absolute Gasteiger partial charge is 0.393 e. The molecule has 0 radical (unpaired) electrons. The van der Waals surface area contributed by atoms with Gasteiger partial charge in [0.05, 0.1) is 6.10 Å². The van der Waals surface area contributed by atoms with E-state index in [1.54, 1.807) is 0 Å². The molecule has 0 bridgehead atoms. The summed E-state index contributed by atoms with van der Waals surface area (Å²) < 4.78 is 0. The van der Waals surface area contributed by atoms with E-state index in [-0.39, 0.29) is 6.10 Å². The molecule has 0 aromatic carbocycles. The van der Waals surface area contributed by atoms with Crippen molar-refractivity contribution in [2.24, 2.45) is 0 Å². The van der Waals surface area contributed by atoms with Crippen molar-refractivity contribution < 1.29 is 5.11 Å². The quantitative estimate of drug-likeness (QED) is 0.827. The first-order valence-electron chi connectivity index (χ1n) is 6.01. The fraction of sp³-hybridized carbons (Fsp3) is 0.615. The van der Waals surface area contributed by atoms with Crippen LogP contribution >= 0.6 is 0 Å². The Balaban J connectivity index is 2.01. The van der Waals surface area contributed by atoms with Crippen molar-refractivity contribution in [1.29, 1.82) is 0 Å². The average molecular weight is 220 g/mol. The van der Waals surface area contributed by atoms with Gasteiger partial charge >= 0.3 is 0 Å². The Morgan fingerprint density at radius 1 is 1.38 bits per heavy atom. The molecule has 1 aromatic rings. The normalized spacial score (nSPS) is 20.9. The smallest absolute Gasteiger partial charge is 0.0564 e. The Morgan fingerprint density at radius 3 is 2.62 bits per heavy atom. The third kappa shape index (κ3) is 2.60. The number of rotatable bonds is 2. The highest BCUT2D eigenvalue weighted by atomic mass is 16.3. The van der Waals surface area contributed by atoms with Crippen molar-refractivity contribution in [3.8, 4) is 0 Å². The number of aryl methyl sites for hydroxylation is 1. The topological polar surface area (TPSA) is 36.4 Å². The number of piperidine rings is 1. The van der Waals surface area contributed by atoms with Crippen LogP contribution in [-0.4, -0.2) is 34.2 Å². The lowest BCUT2D eigenvalue weighted by Gasteiger charge is -2.34. The summed E-state index contributed by atoms with van der Waals surface area (Å²) >= 11 is 0. The van der Waals surface area contributed by atoms with Gasteiger partial charge in [-0.15, -0.1) is 0 Å². The second-order valence-electron chi connectivity index (χ2n) is 4.68. The van der Waals surface area contributed by atoms with Gasteiger partial charge in [-0.1, -0.05) is 6.07 Å². The lowest BCUT2D eigenvalue weighted by atomic mass is 10.0. The third-order valence-corrected chi connectivity index (χ3v) is 3.46. The van der Waals surface area contributed by atoms with Gasteiger partial charge in [0.1, 0.15) is 0 Å². The van der Waals surface area contributed by atoms with E-state index in [2.05, 4.69) is 28.9 Å². The predicted octanol–water partition coefficient (Wildman–Crippen LogP) is 1.91. The second kappa shape index (κ2) is 4.93. The van der Waals surface area contributed by atoms with Crippen LogP contribution in [0.15, 0.2) is 18.3 Å². The fourth-order valence-corrected chi connectivity index (χ4v) is 2.21. The molecule has 0 aliphatic carbocycles. The maximum atomic E-state index is 9.48. The SMILES string of the molecule is Cc1ccc([C@@H](C)N2CCC(O)CC2)cn1. The molecule has 1 saturated heterocycles. The Bertz CT molecular complexity index is 328. The summed E-state index contributed by atoms with van der Waals surface area (Å²) in [6.45, 7) is 6.18.